The Morgan fingerprint density at radius 3 is 2.56 bits per heavy atom. The molecule has 0 unspecified atom stereocenters. The average molecular weight is 222 g/mol. The second-order valence-corrected chi connectivity index (χ2v) is 3.27. The molecule has 0 saturated heterocycles. The Kier molecular flexibility index (Phi) is 4.51. The lowest BCUT2D eigenvalue weighted by Gasteiger charge is -2.03. The fraction of sp³-hybridized carbons (Fsp3) is 0.333. The van der Waals surface area contributed by atoms with Crippen molar-refractivity contribution in [3.63, 3.8) is 0 Å². The fourth-order valence-electron chi connectivity index (χ4n) is 1.32. The maximum absolute atomic E-state index is 11.2. The molecule has 1 aromatic carbocycles. The third-order valence-electron chi connectivity index (χ3n) is 2.19. The third kappa shape index (κ3) is 3.38. The van der Waals surface area contributed by atoms with E-state index in [0.29, 0.717) is 18.4 Å². The number of methoxy groups -OCH3 is 2. The Hall–Kier alpha value is -1.84. The SMILES string of the molecule is COC(=O)CCc1cccc(C(=O)OC)c1. The number of carbonyl (C=O) groups is 2. The van der Waals surface area contributed by atoms with Crippen molar-refractivity contribution in [3.8, 4) is 0 Å². The molecule has 0 saturated carbocycles. The Labute approximate surface area is 94.2 Å². The highest BCUT2D eigenvalue weighted by molar-refractivity contribution is 5.89. The summed E-state index contributed by atoms with van der Waals surface area (Å²) in [6.07, 6.45) is 0.860. The smallest absolute Gasteiger partial charge is 0.337 e. The molecule has 0 fully saturated rings. The summed E-state index contributed by atoms with van der Waals surface area (Å²) in [6, 6.07) is 7.01. The van der Waals surface area contributed by atoms with Crippen molar-refractivity contribution in [2.24, 2.45) is 0 Å². The number of hydrogen-bond donors (Lipinski definition) is 0. The van der Waals surface area contributed by atoms with Crippen LogP contribution >= 0.6 is 0 Å². The summed E-state index contributed by atoms with van der Waals surface area (Å²) in [4.78, 5) is 22.2. The van der Waals surface area contributed by atoms with Gasteiger partial charge in [-0.05, 0) is 24.1 Å². The van der Waals surface area contributed by atoms with Crippen LogP contribution in [0.4, 0.5) is 0 Å². The summed E-state index contributed by atoms with van der Waals surface area (Å²) in [5.41, 5.74) is 1.40. The molecule has 0 N–H and O–H groups in total. The van der Waals surface area contributed by atoms with Crippen molar-refractivity contribution in [2.75, 3.05) is 14.2 Å². The highest BCUT2D eigenvalue weighted by Crippen LogP contribution is 2.09. The van der Waals surface area contributed by atoms with Gasteiger partial charge in [0.2, 0.25) is 0 Å². The highest BCUT2D eigenvalue weighted by atomic mass is 16.5. The van der Waals surface area contributed by atoms with Crippen LogP contribution in [0.15, 0.2) is 24.3 Å². The summed E-state index contributed by atoms with van der Waals surface area (Å²) >= 11 is 0. The molecule has 0 aromatic heterocycles. The second-order valence-electron chi connectivity index (χ2n) is 3.27. The van der Waals surface area contributed by atoms with Crippen molar-refractivity contribution < 1.29 is 19.1 Å². The van der Waals surface area contributed by atoms with Crippen LogP contribution in [0.1, 0.15) is 22.3 Å². The molecule has 4 nitrogen and oxygen atoms in total. The lowest BCUT2D eigenvalue weighted by molar-refractivity contribution is -0.140. The molecule has 1 aromatic rings. The highest BCUT2D eigenvalue weighted by Gasteiger charge is 2.06. The van der Waals surface area contributed by atoms with Gasteiger partial charge in [-0.1, -0.05) is 12.1 Å². The predicted molar refractivity (Wildman–Crippen MR) is 58.1 cm³/mol. The minimum absolute atomic E-state index is 0.261. The first kappa shape index (κ1) is 12.2. The zero-order valence-electron chi connectivity index (χ0n) is 9.36. The van der Waals surface area contributed by atoms with Crippen LogP contribution in [0, 0.1) is 0 Å². The topological polar surface area (TPSA) is 52.6 Å². The van der Waals surface area contributed by atoms with Gasteiger partial charge in [0, 0.05) is 6.42 Å². The van der Waals surface area contributed by atoms with Crippen molar-refractivity contribution in [1.29, 1.82) is 0 Å². The maximum Gasteiger partial charge on any atom is 0.337 e. The molecule has 0 aliphatic carbocycles. The van der Waals surface area contributed by atoms with Crippen molar-refractivity contribution in [3.05, 3.63) is 35.4 Å². The first-order valence-corrected chi connectivity index (χ1v) is 4.91. The molecule has 1 rings (SSSR count). The molecule has 16 heavy (non-hydrogen) atoms. The molecular weight excluding hydrogens is 208 g/mol. The van der Waals surface area contributed by atoms with E-state index in [1.165, 1.54) is 14.2 Å². The molecular formula is C12H14O4. The van der Waals surface area contributed by atoms with E-state index in [-0.39, 0.29) is 11.9 Å². The van der Waals surface area contributed by atoms with E-state index in [1.54, 1.807) is 18.2 Å². The van der Waals surface area contributed by atoms with Gasteiger partial charge in [0.05, 0.1) is 19.8 Å². The largest absolute Gasteiger partial charge is 0.469 e. The van der Waals surface area contributed by atoms with Gasteiger partial charge in [-0.3, -0.25) is 4.79 Å². The van der Waals surface area contributed by atoms with Crippen LogP contribution in [0.2, 0.25) is 0 Å². The molecule has 86 valence electrons. The molecule has 0 bridgehead atoms. The van der Waals surface area contributed by atoms with Crippen molar-refractivity contribution in [2.45, 2.75) is 12.8 Å². The number of hydrogen-bond acceptors (Lipinski definition) is 4. The molecule has 0 radical (unpaired) electrons. The van der Waals surface area contributed by atoms with Gasteiger partial charge in [0.1, 0.15) is 0 Å². The van der Waals surface area contributed by atoms with Crippen molar-refractivity contribution >= 4 is 11.9 Å². The Morgan fingerprint density at radius 2 is 1.94 bits per heavy atom. The number of rotatable bonds is 4. The van der Waals surface area contributed by atoms with Crippen LogP contribution in [-0.4, -0.2) is 26.2 Å². The Bertz CT molecular complexity index is 384. The predicted octanol–water partition coefficient (Wildman–Crippen LogP) is 1.58. The standard InChI is InChI=1S/C12H14O4/c1-15-11(13)7-6-9-4-3-5-10(8-9)12(14)16-2/h3-5,8H,6-7H2,1-2H3. The number of aryl methyl sites for hydroxylation is 1. The summed E-state index contributed by atoms with van der Waals surface area (Å²) in [5, 5.41) is 0. The quantitative estimate of drug-likeness (QED) is 0.726. The first-order chi connectivity index (χ1) is 7.67. The lowest BCUT2D eigenvalue weighted by Crippen LogP contribution is -2.04. The fourth-order valence-corrected chi connectivity index (χ4v) is 1.32. The van der Waals surface area contributed by atoms with Crippen molar-refractivity contribution in [1.82, 2.24) is 0 Å². The summed E-state index contributed by atoms with van der Waals surface area (Å²) in [7, 11) is 2.69. The van der Waals surface area contributed by atoms with Crippen LogP contribution in [0.3, 0.4) is 0 Å². The number of ether oxygens (including phenoxy) is 2. The first-order valence-electron chi connectivity index (χ1n) is 4.91. The minimum Gasteiger partial charge on any atom is -0.469 e. The van der Waals surface area contributed by atoms with E-state index in [0.717, 1.165) is 5.56 Å². The van der Waals surface area contributed by atoms with Crippen LogP contribution in [-0.2, 0) is 20.7 Å². The van der Waals surface area contributed by atoms with E-state index >= 15 is 0 Å². The average Bonchev–Trinajstić information content (AvgIpc) is 2.35. The molecule has 0 spiro atoms. The maximum atomic E-state index is 11.2. The molecule has 0 atom stereocenters. The second kappa shape index (κ2) is 5.90. The van der Waals surface area contributed by atoms with Crippen LogP contribution in [0.25, 0.3) is 0 Å². The van der Waals surface area contributed by atoms with Crippen LogP contribution in [0.5, 0.6) is 0 Å². The number of esters is 2. The molecule has 4 heteroatoms. The summed E-state index contributed by atoms with van der Waals surface area (Å²) in [6.45, 7) is 0. The van der Waals surface area contributed by atoms with Gasteiger partial charge in [-0.2, -0.15) is 0 Å². The Morgan fingerprint density at radius 1 is 1.19 bits per heavy atom. The van der Waals surface area contributed by atoms with Gasteiger partial charge in [0.15, 0.2) is 0 Å². The molecule has 0 amide bonds. The number of carbonyl (C=O) groups excluding carboxylic acids is 2. The van der Waals surface area contributed by atoms with E-state index in [9.17, 15) is 9.59 Å². The number of benzene rings is 1. The van der Waals surface area contributed by atoms with Gasteiger partial charge in [-0.25, -0.2) is 4.79 Å². The van der Waals surface area contributed by atoms with Gasteiger partial charge in [-0.15, -0.1) is 0 Å². The molecule has 0 aliphatic rings. The van der Waals surface area contributed by atoms with Crippen LogP contribution < -0.4 is 0 Å². The summed E-state index contributed by atoms with van der Waals surface area (Å²) < 4.78 is 9.15. The van der Waals surface area contributed by atoms with E-state index < -0.39 is 0 Å². The zero-order valence-corrected chi connectivity index (χ0v) is 9.36. The Balaban J connectivity index is 2.67. The monoisotopic (exact) mass is 222 g/mol. The third-order valence-corrected chi connectivity index (χ3v) is 2.19. The summed E-state index contributed by atoms with van der Waals surface area (Å²) in [5.74, 6) is -0.636. The van der Waals surface area contributed by atoms with E-state index in [2.05, 4.69) is 9.47 Å². The normalized spacial score (nSPS) is 9.62. The van der Waals surface area contributed by atoms with Gasteiger partial charge >= 0.3 is 11.9 Å². The molecule has 0 heterocycles. The van der Waals surface area contributed by atoms with Gasteiger partial charge < -0.3 is 9.47 Å². The van der Waals surface area contributed by atoms with Gasteiger partial charge in [0.25, 0.3) is 0 Å². The minimum atomic E-state index is -0.375. The van der Waals surface area contributed by atoms with E-state index in [1.807, 2.05) is 6.07 Å². The zero-order chi connectivity index (χ0) is 12.0. The lowest BCUT2D eigenvalue weighted by atomic mass is 10.1. The van der Waals surface area contributed by atoms with E-state index in [4.69, 9.17) is 0 Å². The molecule has 0 aliphatic heterocycles.